The van der Waals surface area contributed by atoms with Gasteiger partial charge in [0.1, 0.15) is 6.07 Å². The Balaban J connectivity index is 1.59. The summed E-state index contributed by atoms with van der Waals surface area (Å²) in [4.78, 5) is 29.1. The van der Waals surface area contributed by atoms with Gasteiger partial charge in [-0.2, -0.15) is 5.26 Å². The quantitative estimate of drug-likeness (QED) is 0.802. The fourth-order valence-corrected chi connectivity index (χ4v) is 3.73. The number of hydrogen-bond acceptors (Lipinski definition) is 4. The second-order valence-corrected chi connectivity index (χ2v) is 7.62. The van der Waals surface area contributed by atoms with E-state index in [0.29, 0.717) is 53.0 Å². The van der Waals surface area contributed by atoms with Crippen molar-refractivity contribution in [1.82, 2.24) is 9.80 Å². The molecular formula is C21H20Cl2N4O2. The van der Waals surface area contributed by atoms with E-state index in [2.05, 4.69) is 11.4 Å². The molecule has 1 aliphatic heterocycles. The Labute approximate surface area is 179 Å². The number of amides is 2. The van der Waals surface area contributed by atoms with E-state index in [1.807, 2.05) is 11.8 Å². The van der Waals surface area contributed by atoms with Crippen LogP contribution < -0.4 is 5.32 Å². The molecule has 8 heteroatoms. The number of piperazine rings is 1. The van der Waals surface area contributed by atoms with Crippen molar-refractivity contribution in [2.24, 2.45) is 0 Å². The largest absolute Gasteiger partial charge is 0.336 e. The molecule has 0 aliphatic carbocycles. The average molecular weight is 431 g/mol. The number of rotatable bonds is 4. The standard InChI is InChI=1S/C21H20Cl2N4O2/c1-14(20(28)25-19-5-3-2-4-15(19)13-24)26-8-10-27(11-9-26)21(29)17-7-6-16(22)12-18(17)23/h2-7,12,14H,8-11H2,1H3,(H,25,28). The van der Waals surface area contributed by atoms with Gasteiger partial charge in [-0.1, -0.05) is 35.3 Å². The number of carbonyl (C=O) groups is 2. The van der Waals surface area contributed by atoms with Crippen LogP contribution in [-0.4, -0.2) is 53.8 Å². The molecule has 150 valence electrons. The van der Waals surface area contributed by atoms with Gasteiger partial charge in [0.15, 0.2) is 0 Å². The molecular weight excluding hydrogens is 411 g/mol. The van der Waals surface area contributed by atoms with Crippen molar-refractivity contribution in [2.45, 2.75) is 13.0 Å². The van der Waals surface area contributed by atoms with Crippen molar-refractivity contribution in [3.8, 4) is 6.07 Å². The molecule has 0 saturated carbocycles. The topological polar surface area (TPSA) is 76.4 Å². The molecule has 1 N–H and O–H groups in total. The minimum Gasteiger partial charge on any atom is -0.336 e. The zero-order valence-corrected chi connectivity index (χ0v) is 17.4. The van der Waals surface area contributed by atoms with Gasteiger partial charge in [0, 0.05) is 31.2 Å². The first-order valence-corrected chi connectivity index (χ1v) is 9.94. The predicted octanol–water partition coefficient (Wildman–Crippen LogP) is 3.65. The predicted molar refractivity (Wildman–Crippen MR) is 113 cm³/mol. The lowest BCUT2D eigenvalue weighted by Gasteiger charge is -2.37. The van der Waals surface area contributed by atoms with Crippen molar-refractivity contribution in [2.75, 3.05) is 31.5 Å². The highest BCUT2D eigenvalue weighted by Gasteiger charge is 2.28. The van der Waals surface area contributed by atoms with Crippen molar-refractivity contribution in [3.63, 3.8) is 0 Å². The van der Waals surface area contributed by atoms with Gasteiger partial charge < -0.3 is 10.2 Å². The van der Waals surface area contributed by atoms with E-state index in [4.69, 9.17) is 28.5 Å². The summed E-state index contributed by atoms with van der Waals surface area (Å²) in [6, 6.07) is 13.4. The Kier molecular flexibility index (Phi) is 6.75. The van der Waals surface area contributed by atoms with E-state index in [1.54, 1.807) is 47.4 Å². The molecule has 1 atom stereocenters. The molecule has 0 spiro atoms. The summed E-state index contributed by atoms with van der Waals surface area (Å²) in [7, 11) is 0. The number of benzene rings is 2. The van der Waals surface area contributed by atoms with Gasteiger partial charge in [0.05, 0.1) is 27.9 Å². The Hall–Kier alpha value is -2.59. The summed E-state index contributed by atoms with van der Waals surface area (Å²) >= 11 is 12.0. The number of halogens is 2. The van der Waals surface area contributed by atoms with Crippen LogP contribution in [-0.2, 0) is 4.79 Å². The van der Waals surface area contributed by atoms with Gasteiger partial charge in [0.25, 0.3) is 5.91 Å². The SMILES string of the molecule is CC(C(=O)Nc1ccccc1C#N)N1CCN(C(=O)c2ccc(Cl)cc2Cl)CC1. The molecule has 1 aliphatic rings. The fraction of sp³-hybridized carbons (Fsp3) is 0.286. The summed E-state index contributed by atoms with van der Waals surface area (Å²) in [6.45, 7) is 3.92. The maximum absolute atomic E-state index is 12.7. The molecule has 3 rings (SSSR count). The summed E-state index contributed by atoms with van der Waals surface area (Å²) < 4.78 is 0. The molecule has 0 radical (unpaired) electrons. The van der Waals surface area contributed by atoms with Gasteiger partial charge in [-0.05, 0) is 37.3 Å². The van der Waals surface area contributed by atoms with Crippen LogP contribution in [0.5, 0.6) is 0 Å². The van der Waals surface area contributed by atoms with Gasteiger partial charge in [-0.15, -0.1) is 0 Å². The number of para-hydroxylation sites is 1. The Morgan fingerprint density at radius 2 is 1.79 bits per heavy atom. The van der Waals surface area contributed by atoms with Crippen LogP contribution in [0.4, 0.5) is 5.69 Å². The van der Waals surface area contributed by atoms with E-state index in [0.717, 1.165) is 0 Å². The highest BCUT2D eigenvalue weighted by molar-refractivity contribution is 6.36. The summed E-state index contributed by atoms with van der Waals surface area (Å²) in [6.07, 6.45) is 0. The molecule has 2 aromatic carbocycles. The zero-order chi connectivity index (χ0) is 21.0. The minimum absolute atomic E-state index is 0.147. The van der Waals surface area contributed by atoms with Gasteiger partial charge in [0.2, 0.25) is 5.91 Å². The Bertz CT molecular complexity index is 965. The maximum Gasteiger partial charge on any atom is 0.255 e. The molecule has 2 amide bonds. The normalized spacial score (nSPS) is 15.4. The Morgan fingerprint density at radius 3 is 2.45 bits per heavy atom. The van der Waals surface area contributed by atoms with Crippen LogP contribution in [0.15, 0.2) is 42.5 Å². The number of nitrogens with one attached hydrogen (secondary N) is 1. The molecule has 1 unspecified atom stereocenters. The van der Waals surface area contributed by atoms with Crippen LogP contribution in [0, 0.1) is 11.3 Å². The zero-order valence-electron chi connectivity index (χ0n) is 15.9. The molecule has 2 aromatic rings. The minimum atomic E-state index is -0.391. The third-order valence-corrected chi connectivity index (χ3v) is 5.54. The first-order valence-electron chi connectivity index (χ1n) is 9.19. The van der Waals surface area contributed by atoms with E-state index in [1.165, 1.54) is 0 Å². The third kappa shape index (κ3) is 4.88. The second kappa shape index (κ2) is 9.27. The summed E-state index contributed by atoms with van der Waals surface area (Å²) in [5.41, 5.74) is 1.34. The molecule has 6 nitrogen and oxygen atoms in total. The van der Waals surface area contributed by atoms with E-state index in [9.17, 15) is 9.59 Å². The number of carbonyl (C=O) groups excluding carboxylic acids is 2. The first-order chi connectivity index (χ1) is 13.9. The molecule has 0 bridgehead atoms. The lowest BCUT2D eigenvalue weighted by molar-refractivity contribution is -0.121. The van der Waals surface area contributed by atoms with Crippen molar-refractivity contribution in [1.29, 1.82) is 5.26 Å². The molecule has 1 heterocycles. The molecule has 1 fully saturated rings. The van der Waals surface area contributed by atoms with Gasteiger partial charge in [-0.25, -0.2) is 0 Å². The third-order valence-electron chi connectivity index (χ3n) is 5.00. The maximum atomic E-state index is 12.7. The molecule has 0 aromatic heterocycles. The second-order valence-electron chi connectivity index (χ2n) is 6.77. The number of anilines is 1. The van der Waals surface area contributed by atoms with Crippen molar-refractivity contribution < 1.29 is 9.59 Å². The van der Waals surface area contributed by atoms with Crippen LogP contribution in [0.1, 0.15) is 22.8 Å². The van der Waals surface area contributed by atoms with Crippen LogP contribution in [0.25, 0.3) is 0 Å². The highest BCUT2D eigenvalue weighted by atomic mass is 35.5. The average Bonchev–Trinajstić information content (AvgIpc) is 2.73. The van der Waals surface area contributed by atoms with Crippen molar-refractivity contribution >= 4 is 40.7 Å². The number of hydrogen-bond donors (Lipinski definition) is 1. The summed E-state index contributed by atoms with van der Waals surface area (Å²) in [5.74, 6) is -0.334. The van der Waals surface area contributed by atoms with Crippen LogP contribution in [0.2, 0.25) is 10.0 Å². The van der Waals surface area contributed by atoms with E-state index < -0.39 is 6.04 Å². The molecule has 29 heavy (non-hydrogen) atoms. The smallest absolute Gasteiger partial charge is 0.255 e. The van der Waals surface area contributed by atoms with Gasteiger partial charge >= 0.3 is 0 Å². The monoisotopic (exact) mass is 430 g/mol. The molecule has 1 saturated heterocycles. The van der Waals surface area contributed by atoms with Crippen LogP contribution >= 0.6 is 23.2 Å². The number of nitrogens with zero attached hydrogens (tertiary/aromatic N) is 3. The van der Waals surface area contributed by atoms with Crippen LogP contribution in [0.3, 0.4) is 0 Å². The lowest BCUT2D eigenvalue weighted by atomic mass is 10.1. The fourth-order valence-electron chi connectivity index (χ4n) is 3.24. The van der Waals surface area contributed by atoms with E-state index in [-0.39, 0.29) is 11.8 Å². The van der Waals surface area contributed by atoms with E-state index >= 15 is 0 Å². The van der Waals surface area contributed by atoms with Crippen molar-refractivity contribution in [3.05, 3.63) is 63.6 Å². The summed E-state index contributed by atoms with van der Waals surface area (Å²) in [5, 5.41) is 12.8. The lowest BCUT2D eigenvalue weighted by Crippen LogP contribution is -2.54. The van der Waals surface area contributed by atoms with Gasteiger partial charge in [-0.3, -0.25) is 14.5 Å². The number of nitriles is 1. The highest BCUT2D eigenvalue weighted by Crippen LogP contribution is 2.23. The Morgan fingerprint density at radius 1 is 1.10 bits per heavy atom. The first kappa shape index (κ1) is 21.1.